The van der Waals surface area contributed by atoms with Gasteiger partial charge in [0, 0.05) is 24.7 Å². The van der Waals surface area contributed by atoms with E-state index in [0.717, 1.165) is 5.69 Å². The maximum Gasteiger partial charge on any atom is 0.251 e. The average molecular weight is 175 g/mol. The molecule has 0 amide bonds. The minimum atomic E-state index is 0.0132. The Balaban J connectivity index is 3.16. The molecule has 0 atom stereocenters. The fourth-order valence-corrected chi connectivity index (χ4v) is 1.23. The Kier molecular flexibility index (Phi) is 3.26. The zero-order chi connectivity index (χ0) is 9.68. The van der Waals surface area contributed by atoms with Crippen molar-refractivity contribution >= 4 is 0 Å². The van der Waals surface area contributed by atoms with Crippen molar-refractivity contribution in [3.05, 3.63) is 59.6 Å². The smallest absolute Gasteiger partial charge is 0.251 e. The van der Waals surface area contributed by atoms with E-state index in [1.807, 2.05) is 6.07 Å². The van der Waals surface area contributed by atoms with Crippen LogP contribution in [0.1, 0.15) is 5.69 Å². The molecule has 1 heterocycles. The van der Waals surface area contributed by atoms with Gasteiger partial charge in [0.05, 0.1) is 0 Å². The predicted octanol–water partition coefficient (Wildman–Crippen LogP) is 1.76. The van der Waals surface area contributed by atoms with Gasteiger partial charge in [-0.15, -0.1) is 13.2 Å². The van der Waals surface area contributed by atoms with Gasteiger partial charge < -0.3 is 4.57 Å². The lowest BCUT2D eigenvalue weighted by molar-refractivity contribution is 0.734. The van der Waals surface area contributed by atoms with Gasteiger partial charge >= 0.3 is 0 Å². The van der Waals surface area contributed by atoms with Gasteiger partial charge in [0.15, 0.2) is 0 Å². The summed E-state index contributed by atoms with van der Waals surface area (Å²) in [7, 11) is 0. The Morgan fingerprint density at radius 2 is 2.08 bits per heavy atom. The quantitative estimate of drug-likeness (QED) is 0.639. The molecule has 2 heteroatoms. The number of hydrogen-bond donors (Lipinski definition) is 0. The van der Waals surface area contributed by atoms with Crippen LogP contribution in [-0.2, 0) is 13.0 Å². The third-order valence-electron chi connectivity index (χ3n) is 1.81. The van der Waals surface area contributed by atoms with Crippen molar-refractivity contribution in [1.29, 1.82) is 0 Å². The summed E-state index contributed by atoms with van der Waals surface area (Å²) >= 11 is 0. The van der Waals surface area contributed by atoms with Crippen LogP contribution in [0.4, 0.5) is 0 Å². The first kappa shape index (κ1) is 9.52. The predicted molar refractivity (Wildman–Crippen MR) is 54.8 cm³/mol. The first-order valence-corrected chi connectivity index (χ1v) is 4.20. The van der Waals surface area contributed by atoms with Crippen LogP contribution in [0, 0.1) is 0 Å². The van der Waals surface area contributed by atoms with Gasteiger partial charge in [-0.3, -0.25) is 4.79 Å². The summed E-state index contributed by atoms with van der Waals surface area (Å²) in [5, 5.41) is 0. The normalized spacial score (nSPS) is 9.54. The molecule has 1 rings (SSSR count). The molecule has 0 aromatic carbocycles. The van der Waals surface area contributed by atoms with Crippen LogP contribution >= 0.6 is 0 Å². The SMILES string of the molecule is C=CCc1cccc(=O)n1CC=C. The highest BCUT2D eigenvalue weighted by atomic mass is 16.1. The number of aromatic nitrogens is 1. The minimum absolute atomic E-state index is 0.0132. The van der Waals surface area contributed by atoms with Gasteiger partial charge in [-0.25, -0.2) is 0 Å². The van der Waals surface area contributed by atoms with Gasteiger partial charge in [-0.05, 0) is 6.07 Å². The lowest BCUT2D eigenvalue weighted by Crippen LogP contribution is -2.21. The van der Waals surface area contributed by atoms with Crippen molar-refractivity contribution in [3.8, 4) is 0 Å². The monoisotopic (exact) mass is 175 g/mol. The maximum absolute atomic E-state index is 11.4. The molecule has 0 spiro atoms. The van der Waals surface area contributed by atoms with Gasteiger partial charge in [-0.2, -0.15) is 0 Å². The van der Waals surface area contributed by atoms with Crippen molar-refractivity contribution in [3.63, 3.8) is 0 Å². The fourth-order valence-electron chi connectivity index (χ4n) is 1.23. The Hall–Kier alpha value is -1.57. The van der Waals surface area contributed by atoms with Crippen molar-refractivity contribution in [1.82, 2.24) is 4.57 Å². The largest absolute Gasteiger partial charge is 0.309 e. The van der Waals surface area contributed by atoms with E-state index in [0.29, 0.717) is 13.0 Å². The highest BCUT2D eigenvalue weighted by Gasteiger charge is 1.98. The fraction of sp³-hybridized carbons (Fsp3) is 0.182. The molecular formula is C11H13NO. The van der Waals surface area contributed by atoms with E-state index in [1.165, 1.54) is 0 Å². The molecule has 0 bridgehead atoms. The second-order valence-electron chi connectivity index (χ2n) is 2.75. The number of pyridine rings is 1. The summed E-state index contributed by atoms with van der Waals surface area (Å²) in [4.78, 5) is 11.4. The van der Waals surface area contributed by atoms with Crippen molar-refractivity contribution < 1.29 is 0 Å². The average Bonchev–Trinajstić information content (AvgIpc) is 2.11. The topological polar surface area (TPSA) is 22.0 Å². The molecule has 2 nitrogen and oxygen atoms in total. The molecule has 1 aromatic rings. The molecular weight excluding hydrogens is 162 g/mol. The van der Waals surface area contributed by atoms with E-state index >= 15 is 0 Å². The van der Waals surface area contributed by atoms with Crippen LogP contribution in [0.25, 0.3) is 0 Å². The number of hydrogen-bond acceptors (Lipinski definition) is 1. The number of rotatable bonds is 4. The van der Waals surface area contributed by atoms with Gasteiger partial charge in [-0.1, -0.05) is 18.2 Å². The van der Waals surface area contributed by atoms with Crippen LogP contribution in [0.2, 0.25) is 0 Å². The molecule has 0 saturated carbocycles. The summed E-state index contributed by atoms with van der Waals surface area (Å²) in [6, 6.07) is 5.24. The molecule has 0 aliphatic carbocycles. The minimum Gasteiger partial charge on any atom is -0.309 e. The van der Waals surface area contributed by atoms with E-state index in [-0.39, 0.29) is 5.56 Å². The summed E-state index contributed by atoms with van der Waals surface area (Å²) in [6.45, 7) is 7.82. The first-order chi connectivity index (χ1) is 6.29. The lowest BCUT2D eigenvalue weighted by atomic mass is 10.2. The Morgan fingerprint density at radius 1 is 1.31 bits per heavy atom. The number of nitrogens with zero attached hydrogens (tertiary/aromatic N) is 1. The van der Waals surface area contributed by atoms with Gasteiger partial charge in [0.2, 0.25) is 0 Å². The maximum atomic E-state index is 11.4. The first-order valence-electron chi connectivity index (χ1n) is 4.20. The van der Waals surface area contributed by atoms with E-state index in [2.05, 4.69) is 13.2 Å². The van der Waals surface area contributed by atoms with Crippen LogP contribution in [0.3, 0.4) is 0 Å². The third kappa shape index (κ3) is 2.18. The molecule has 0 aliphatic rings. The van der Waals surface area contributed by atoms with Gasteiger partial charge in [0.1, 0.15) is 0 Å². The zero-order valence-corrected chi connectivity index (χ0v) is 7.57. The lowest BCUT2D eigenvalue weighted by Gasteiger charge is -2.07. The molecule has 68 valence electrons. The van der Waals surface area contributed by atoms with Crippen LogP contribution in [-0.4, -0.2) is 4.57 Å². The number of allylic oxidation sites excluding steroid dienone is 2. The van der Waals surface area contributed by atoms with E-state index in [9.17, 15) is 4.79 Å². The van der Waals surface area contributed by atoms with Crippen molar-refractivity contribution in [2.45, 2.75) is 13.0 Å². The molecule has 0 fully saturated rings. The van der Waals surface area contributed by atoms with Crippen LogP contribution in [0.15, 0.2) is 48.3 Å². The standard InChI is InChI=1S/C11H13NO/c1-3-6-10-7-5-8-11(13)12(10)9-4-2/h3-5,7-8H,1-2,6,9H2. The van der Waals surface area contributed by atoms with Gasteiger partial charge in [0.25, 0.3) is 5.56 Å². The van der Waals surface area contributed by atoms with E-state index in [4.69, 9.17) is 0 Å². The molecule has 0 unspecified atom stereocenters. The Morgan fingerprint density at radius 3 is 2.69 bits per heavy atom. The van der Waals surface area contributed by atoms with E-state index in [1.54, 1.807) is 28.9 Å². The second-order valence-corrected chi connectivity index (χ2v) is 2.75. The molecule has 13 heavy (non-hydrogen) atoms. The second kappa shape index (κ2) is 4.45. The summed E-state index contributed by atoms with van der Waals surface area (Å²) < 4.78 is 1.69. The highest BCUT2D eigenvalue weighted by molar-refractivity contribution is 5.10. The molecule has 0 radical (unpaired) electrons. The summed E-state index contributed by atoms with van der Waals surface area (Å²) in [6.07, 6.45) is 4.21. The Labute approximate surface area is 77.8 Å². The molecule has 0 N–H and O–H groups in total. The van der Waals surface area contributed by atoms with Crippen LogP contribution < -0.4 is 5.56 Å². The van der Waals surface area contributed by atoms with Crippen molar-refractivity contribution in [2.75, 3.05) is 0 Å². The third-order valence-corrected chi connectivity index (χ3v) is 1.81. The zero-order valence-electron chi connectivity index (χ0n) is 7.57. The Bertz CT molecular complexity index is 363. The van der Waals surface area contributed by atoms with E-state index < -0.39 is 0 Å². The molecule has 0 aliphatic heterocycles. The summed E-state index contributed by atoms with van der Waals surface area (Å²) in [5.41, 5.74) is 0.988. The van der Waals surface area contributed by atoms with Crippen LogP contribution in [0.5, 0.6) is 0 Å². The molecule has 1 aromatic heterocycles. The molecule has 0 saturated heterocycles. The summed E-state index contributed by atoms with van der Waals surface area (Å²) in [5.74, 6) is 0. The van der Waals surface area contributed by atoms with Crippen molar-refractivity contribution in [2.24, 2.45) is 0 Å². The highest BCUT2D eigenvalue weighted by Crippen LogP contribution is 1.98.